The van der Waals surface area contributed by atoms with Gasteiger partial charge in [-0.25, -0.2) is 0 Å². The molecule has 6 heteroatoms. The highest BCUT2D eigenvalue weighted by Gasteiger charge is 2.35. The van der Waals surface area contributed by atoms with E-state index in [1.54, 1.807) is 0 Å². The topological polar surface area (TPSA) is 42.3 Å². The smallest absolute Gasteiger partial charge is 0.293 e. The Kier molecular flexibility index (Phi) is 5.72. The molecule has 1 aliphatic heterocycles. The van der Waals surface area contributed by atoms with Crippen LogP contribution in [0.15, 0.2) is 94.4 Å². The van der Waals surface area contributed by atoms with Crippen LogP contribution >= 0.6 is 27.7 Å². The lowest BCUT2D eigenvalue weighted by molar-refractivity contribution is -0.123. The van der Waals surface area contributed by atoms with E-state index in [9.17, 15) is 9.59 Å². The van der Waals surface area contributed by atoms with E-state index in [2.05, 4.69) is 44.9 Å². The number of amides is 2. The number of halogens is 1. The quantitative estimate of drug-likeness (QED) is 0.285. The third-order valence-electron chi connectivity index (χ3n) is 5.43. The molecule has 0 bridgehead atoms. The Labute approximate surface area is 198 Å². The Bertz CT molecular complexity index is 1340. The van der Waals surface area contributed by atoms with Crippen molar-refractivity contribution in [1.82, 2.24) is 9.47 Å². The number of benzene rings is 3. The molecule has 1 fully saturated rings. The monoisotopic (exact) mass is 502 g/mol. The fourth-order valence-corrected chi connectivity index (χ4v) is 4.94. The predicted octanol–water partition coefficient (Wildman–Crippen LogP) is 6.69. The Morgan fingerprint density at radius 1 is 0.812 bits per heavy atom. The largest absolute Gasteiger partial charge is 0.342 e. The summed E-state index contributed by atoms with van der Waals surface area (Å²) in [6.45, 7) is 1.01. The first kappa shape index (κ1) is 20.8. The van der Waals surface area contributed by atoms with Crippen molar-refractivity contribution < 1.29 is 9.59 Å². The van der Waals surface area contributed by atoms with Gasteiger partial charge in [0.2, 0.25) is 0 Å². The Morgan fingerprint density at radius 3 is 2.28 bits per heavy atom. The number of carbonyl (C=O) groups excluding carboxylic acids is 2. The molecule has 0 N–H and O–H groups in total. The van der Waals surface area contributed by atoms with E-state index >= 15 is 0 Å². The maximum atomic E-state index is 13.0. The van der Waals surface area contributed by atoms with Crippen molar-refractivity contribution in [3.63, 3.8) is 0 Å². The normalized spacial score (nSPS) is 15.3. The van der Waals surface area contributed by atoms with Gasteiger partial charge in [-0.05, 0) is 47.2 Å². The number of hydrogen-bond donors (Lipinski definition) is 0. The van der Waals surface area contributed by atoms with Crippen molar-refractivity contribution in [3.8, 4) is 0 Å². The number of hydrogen-bond acceptors (Lipinski definition) is 3. The fraction of sp³-hybridized carbons (Fsp3) is 0.0769. The minimum absolute atomic E-state index is 0.233. The molecule has 3 aromatic carbocycles. The zero-order valence-electron chi connectivity index (χ0n) is 17.1. The van der Waals surface area contributed by atoms with Gasteiger partial charge >= 0.3 is 0 Å². The van der Waals surface area contributed by atoms with Crippen LogP contribution in [0.2, 0.25) is 0 Å². The maximum Gasteiger partial charge on any atom is 0.293 e. The molecule has 158 valence electrons. The van der Waals surface area contributed by atoms with Crippen LogP contribution < -0.4 is 0 Å². The predicted molar refractivity (Wildman–Crippen MR) is 133 cm³/mol. The number of aromatic nitrogens is 1. The number of rotatable bonds is 5. The molecule has 1 saturated heterocycles. The van der Waals surface area contributed by atoms with Gasteiger partial charge in [0.05, 0.1) is 11.4 Å². The first-order valence-corrected chi connectivity index (χ1v) is 11.8. The van der Waals surface area contributed by atoms with Gasteiger partial charge in [0, 0.05) is 33.7 Å². The molecule has 1 aliphatic rings. The molecule has 5 rings (SSSR count). The number of fused-ring (bicyclic) bond motifs is 1. The highest BCUT2D eigenvalue weighted by atomic mass is 79.9. The lowest BCUT2D eigenvalue weighted by atomic mass is 10.1. The van der Waals surface area contributed by atoms with Crippen molar-refractivity contribution in [1.29, 1.82) is 0 Å². The van der Waals surface area contributed by atoms with Gasteiger partial charge in [0.25, 0.3) is 11.1 Å². The van der Waals surface area contributed by atoms with Crippen LogP contribution in [0.1, 0.15) is 16.7 Å². The molecule has 0 radical (unpaired) electrons. The summed E-state index contributed by atoms with van der Waals surface area (Å²) in [7, 11) is 0. The molecule has 0 saturated carbocycles. The van der Waals surface area contributed by atoms with Crippen LogP contribution in [0.4, 0.5) is 4.79 Å². The highest BCUT2D eigenvalue weighted by molar-refractivity contribution is 9.10. The second-order valence-corrected chi connectivity index (χ2v) is 9.52. The van der Waals surface area contributed by atoms with E-state index in [1.807, 2.05) is 66.7 Å². The summed E-state index contributed by atoms with van der Waals surface area (Å²) in [5.74, 6) is -0.242. The van der Waals surface area contributed by atoms with Gasteiger partial charge in [-0.3, -0.25) is 14.5 Å². The number of imide groups is 1. The maximum absolute atomic E-state index is 13.0. The van der Waals surface area contributed by atoms with E-state index in [0.29, 0.717) is 4.91 Å². The SMILES string of the molecule is O=C1S/C(=C\c2cn(Cc3ccc(Br)cc3)c3ccccc23)C(=O)N1Cc1ccccc1. The summed E-state index contributed by atoms with van der Waals surface area (Å²) >= 11 is 4.48. The van der Waals surface area contributed by atoms with Crippen LogP contribution in [0.3, 0.4) is 0 Å². The van der Waals surface area contributed by atoms with Crippen molar-refractivity contribution in [2.75, 3.05) is 0 Å². The molecule has 4 aromatic rings. The van der Waals surface area contributed by atoms with E-state index in [0.717, 1.165) is 44.8 Å². The number of carbonyl (C=O) groups is 2. The molecule has 4 nitrogen and oxygen atoms in total. The standard InChI is InChI=1S/C26H19BrN2O2S/c27-21-12-10-19(11-13-21)15-28-17-20(22-8-4-5-9-23(22)28)14-24-25(30)29(26(31)32-24)16-18-6-2-1-3-7-18/h1-14,17H,15-16H2/b24-14-. The van der Waals surface area contributed by atoms with Gasteiger partial charge in [0.15, 0.2) is 0 Å². The van der Waals surface area contributed by atoms with Crippen LogP contribution in [0, 0.1) is 0 Å². The second-order valence-electron chi connectivity index (χ2n) is 7.61. The van der Waals surface area contributed by atoms with Gasteiger partial charge < -0.3 is 4.57 Å². The highest BCUT2D eigenvalue weighted by Crippen LogP contribution is 2.35. The Hall–Kier alpha value is -3.09. The third-order valence-corrected chi connectivity index (χ3v) is 6.87. The molecule has 0 spiro atoms. The van der Waals surface area contributed by atoms with Crippen LogP contribution in [0.25, 0.3) is 17.0 Å². The molecule has 0 unspecified atom stereocenters. The van der Waals surface area contributed by atoms with Gasteiger partial charge in [-0.2, -0.15) is 0 Å². The summed E-state index contributed by atoms with van der Waals surface area (Å²) in [6.07, 6.45) is 3.90. The summed E-state index contributed by atoms with van der Waals surface area (Å²) in [4.78, 5) is 27.3. The van der Waals surface area contributed by atoms with Gasteiger partial charge in [-0.15, -0.1) is 0 Å². The van der Waals surface area contributed by atoms with Crippen molar-refractivity contribution in [2.24, 2.45) is 0 Å². The molecule has 32 heavy (non-hydrogen) atoms. The summed E-state index contributed by atoms with van der Waals surface area (Å²) in [5.41, 5.74) is 4.14. The molecular weight excluding hydrogens is 484 g/mol. The Morgan fingerprint density at radius 2 is 1.50 bits per heavy atom. The molecule has 0 aliphatic carbocycles. The second kappa shape index (κ2) is 8.81. The molecular formula is C26H19BrN2O2S. The molecule has 0 atom stereocenters. The van der Waals surface area contributed by atoms with Gasteiger partial charge in [-0.1, -0.05) is 76.6 Å². The zero-order valence-corrected chi connectivity index (χ0v) is 19.5. The number of para-hydroxylation sites is 1. The minimum atomic E-state index is -0.242. The summed E-state index contributed by atoms with van der Waals surface area (Å²) in [6, 6.07) is 25.9. The van der Waals surface area contributed by atoms with Crippen LogP contribution in [-0.4, -0.2) is 20.6 Å². The summed E-state index contributed by atoms with van der Waals surface area (Å²) in [5, 5.41) is 0.822. The number of thioether (sulfide) groups is 1. The summed E-state index contributed by atoms with van der Waals surface area (Å²) < 4.78 is 3.23. The van der Waals surface area contributed by atoms with Crippen molar-refractivity contribution in [3.05, 3.63) is 111 Å². The van der Waals surface area contributed by atoms with E-state index in [-0.39, 0.29) is 17.7 Å². The lowest BCUT2D eigenvalue weighted by Gasteiger charge is -2.12. The first-order valence-electron chi connectivity index (χ1n) is 10.2. The number of nitrogens with zero attached hydrogens (tertiary/aromatic N) is 2. The molecule has 2 heterocycles. The average molecular weight is 503 g/mol. The van der Waals surface area contributed by atoms with E-state index in [1.165, 1.54) is 10.5 Å². The van der Waals surface area contributed by atoms with Crippen LogP contribution in [-0.2, 0) is 17.9 Å². The van der Waals surface area contributed by atoms with Crippen molar-refractivity contribution >= 4 is 55.8 Å². The lowest BCUT2D eigenvalue weighted by Crippen LogP contribution is -2.27. The van der Waals surface area contributed by atoms with E-state index < -0.39 is 0 Å². The van der Waals surface area contributed by atoms with Gasteiger partial charge in [0.1, 0.15) is 0 Å². The minimum Gasteiger partial charge on any atom is -0.342 e. The molecule has 2 amide bonds. The zero-order chi connectivity index (χ0) is 22.1. The Balaban J connectivity index is 1.46. The fourth-order valence-electron chi connectivity index (χ4n) is 3.85. The van der Waals surface area contributed by atoms with Crippen molar-refractivity contribution in [2.45, 2.75) is 13.1 Å². The molecule has 1 aromatic heterocycles. The van der Waals surface area contributed by atoms with Crippen LogP contribution in [0.5, 0.6) is 0 Å². The van der Waals surface area contributed by atoms with E-state index in [4.69, 9.17) is 0 Å². The first-order chi connectivity index (χ1) is 15.6. The average Bonchev–Trinajstić information content (AvgIpc) is 3.28. The third kappa shape index (κ3) is 4.16.